The van der Waals surface area contributed by atoms with E-state index in [1.165, 1.54) is 11.3 Å². The van der Waals surface area contributed by atoms with Gasteiger partial charge in [-0.3, -0.25) is 10.1 Å². The first kappa shape index (κ1) is 18.0. The van der Waals surface area contributed by atoms with Crippen LogP contribution < -0.4 is 14.8 Å². The summed E-state index contributed by atoms with van der Waals surface area (Å²) in [7, 11) is 3.20. The lowest BCUT2D eigenvalue weighted by molar-refractivity contribution is -0.125. The van der Waals surface area contributed by atoms with Crippen LogP contribution in [0.1, 0.15) is 6.92 Å². The number of hydrogen-bond acceptors (Lipinski definition) is 6. The molecule has 0 aliphatic carbocycles. The van der Waals surface area contributed by atoms with E-state index in [-0.39, 0.29) is 5.91 Å². The van der Waals surface area contributed by atoms with E-state index in [1.54, 1.807) is 27.2 Å². The monoisotopic (exact) mass is 348 g/mol. The second-order valence-corrected chi connectivity index (χ2v) is 5.72. The Balaban J connectivity index is 2.16. The molecule has 1 heterocycles. The normalized spacial score (nSPS) is 11.6. The lowest BCUT2D eigenvalue weighted by Gasteiger charge is -2.10. The first-order valence-electron chi connectivity index (χ1n) is 7.30. The van der Waals surface area contributed by atoms with Crippen molar-refractivity contribution in [2.24, 2.45) is 0 Å². The van der Waals surface area contributed by atoms with Gasteiger partial charge in [0.1, 0.15) is 17.6 Å². The number of ether oxygens (including phenoxy) is 3. The van der Waals surface area contributed by atoms with Crippen LogP contribution in [-0.4, -0.2) is 37.8 Å². The predicted molar refractivity (Wildman–Crippen MR) is 94.9 cm³/mol. The zero-order chi connectivity index (χ0) is 17.5. The average molecular weight is 348 g/mol. The highest BCUT2D eigenvalue weighted by Crippen LogP contribution is 2.35. The number of rotatable bonds is 8. The molecule has 0 unspecified atom stereocenters. The van der Waals surface area contributed by atoms with E-state index in [2.05, 4.69) is 16.9 Å². The van der Waals surface area contributed by atoms with Crippen molar-refractivity contribution in [2.75, 3.05) is 26.1 Å². The van der Waals surface area contributed by atoms with Crippen molar-refractivity contribution >= 4 is 22.4 Å². The Morgan fingerprint density at radius 3 is 2.88 bits per heavy atom. The summed E-state index contributed by atoms with van der Waals surface area (Å²) < 4.78 is 15.9. The molecule has 1 aromatic heterocycles. The number of thiazole rings is 1. The highest BCUT2D eigenvalue weighted by molar-refractivity contribution is 7.14. The van der Waals surface area contributed by atoms with Gasteiger partial charge in [0, 0.05) is 10.9 Å². The van der Waals surface area contributed by atoms with Crippen LogP contribution in [0.25, 0.3) is 11.3 Å². The van der Waals surface area contributed by atoms with Crippen LogP contribution >= 0.6 is 11.3 Å². The van der Waals surface area contributed by atoms with E-state index in [9.17, 15) is 4.79 Å². The minimum atomic E-state index is -0.582. The Morgan fingerprint density at radius 1 is 1.42 bits per heavy atom. The van der Waals surface area contributed by atoms with Gasteiger partial charge < -0.3 is 14.2 Å². The second-order valence-electron chi connectivity index (χ2n) is 4.86. The number of carbonyl (C=O) groups excluding carboxylic acids is 1. The molecule has 24 heavy (non-hydrogen) atoms. The highest BCUT2D eigenvalue weighted by atomic mass is 32.1. The van der Waals surface area contributed by atoms with Crippen LogP contribution in [0.4, 0.5) is 5.13 Å². The van der Waals surface area contributed by atoms with Crippen molar-refractivity contribution in [1.82, 2.24) is 4.98 Å². The maximum Gasteiger partial charge on any atom is 0.255 e. The number of nitrogens with one attached hydrogen (secondary N) is 1. The number of benzene rings is 1. The lowest BCUT2D eigenvalue weighted by Crippen LogP contribution is -2.27. The molecule has 1 atom stereocenters. The van der Waals surface area contributed by atoms with Crippen molar-refractivity contribution in [1.29, 1.82) is 0 Å². The second kappa shape index (κ2) is 8.47. The molecule has 1 amide bonds. The third-order valence-electron chi connectivity index (χ3n) is 3.25. The Labute approximate surface area is 145 Å². The summed E-state index contributed by atoms with van der Waals surface area (Å²) in [4.78, 5) is 16.5. The minimum Gasteiger partial charge on any atom is -0.497 e. The number of amides is 1. The third kappa shape index (κ3) is 4.33. The van der Waals surface area contributed by atoms with Gasteiger partial charge in [0.15, 0.2) is 5.13 Å². The summed E-state index contributed by atoms with van der Waals surface area (Å²) in [5.41, 5.74) is 1.50. The van der Waals surface area contributed by atoms with Crippen LogP contribution in [0.2, 0.25) is 0 Å². The number of methoxy groups -OCH3 is 2. The summed E-state index contributed by atoms with van der Waals surface area (Å²) in [6.45, 7) is 5.55. The van der Waals surface area contributed by atoms with Crippen LogP contribution in [0.5, 0.6) is 11.5 Å². The van der Waals surface area contributed by atoms with Gasteiger partial charge >= 0.3 is 0 Å². The van der Waals surface area contributed by atoms with Crippen LogP contribution in [0.3, 0.4) is 0 Å². The maximum atomic E-state index is 12.0. The molecule has 1 aromatic carbocycles. The fourth-order valence-corrected chi connectivity index (χ4v) is 2.68. The third-order valence-corrected chi connectivity index (χ3v) is 4.01. The zero-order valence-corrected chi connectivity index (χ0v) is 14.7. The van der Waals surface area contributed by atoms with Crippen molar-refractivity contribution in [2.45, 2.75) is 13.0 Å². The Kier molecular flexibility index (Phi) is 6.34. The molecule has 0 radical (unpaired) electrons. The molecule has 2 rings (SSSR count). The summed E-state index contributed by atoms with van der Waals surface area (Å²) in [5, 5.41) is 5.09. The van der Waals surface area contributed by atoms with Gasteiger partial charge in [0.05, 0.1) is 26.5 Å². The molecule has 0 saturated carbocycles. The SMILES string of the molecule is C=CCO[C@@H](C)C(=O)Nc1nc(-c2cc(OC)ccc2OC)cs1. The molecule has 0 aliphatic rings. The molecule has 128 valence electrons. The van der Waals surface area contributed by atoms with E-state index in [1.807, 2.05) is 23.6 Å². The average Bonchev–Trinajstić information content (AvgIpc) is 3.07. The highest BCUT2D eigenvalue weighted by Gasteiger charge is 2.16. The molecule has 0 bridgehead atoms. The molecule has 2 aromatic rings. The van der Waals surface area contributed by atoms with Gasteiger partial charge in [-0.25, -0.2) is 4.98 Å². The number of hydrogen-bond donors (Lipinski definition) is 1. The van der Waals surface area contributed by atoms with Gasteiger partial charge in [-0.15, -0.1) is 17.9 Å². The van der Waals surface area contributed by atoms with Crippen molar-refractivity contribution in [3.63, 3.8) is 0 Å². The van der Waals surface area contributed by atoms with Crippen LogP contribution in [-0.2, 0) is 9.53 Å². The van der Waals surface area contributed by atoms with E-state index < -0.39 is 6.10 Å². The van der Waals surface area contributed by atoms with E-state index in [0.29, 0.717) is 28.9 Å². The molecule has 1 N–H and O–H groups in total. The largest absolute Gasteiger partial charge is 0.497 e. The fraction of sp³-hybridized carbons (Fsp3) is 0.294. The van der Waals surface area contributed by atoms with Crippen molar-refractivity contribution in [3.8, 4) is 22.8 Å². The molecule has 6 nitrogen and oxygen atoms in total. The quantitative estimate of drug-likeness (QED) is 0.741. The van der Waals surface area contributed by atoms with Crippen LogP contribution in [0, 0.1) is 0 Å². The Bertz CT molecular complexity index is 714. The number of anilines is 1. The topological polar surface area (TPSA) is 69.7 Å². The van der Waals surface area contributed by atoms with E-state index in [0.717, 1.165) is 5.56 Å². The standard InChI is InChI=1S/C17H20N2O4S/c1-5-8-23-11(2)16(20)19-17-18-14(10-24-17)13-9-12(21-3)6-7-15(13)22-4/h5-7,9-11H,1,8H2,2-4H3,(H,18,19,20)/t11-/m0/s1. The fourth-order valence-electron chi connectivity index (χ4n) is 1.96. The van der Waals surface area contributed by atoms with Gasteiger partial charge in [0.25, 0.3) is 5.91 Å². The zero-order valence-electron chi connectivity index (χ0n) is 13.9. The number of carbonyl (C=O) groups is 1. The van der Waals surface area contributed by atoms with Gasteiger partial charge in [0.2, 0.25) is 0 Å². The number of aromatic nitrogens is 1. The minimum absolute atomic E-state index is 0.254. The van der Waals surface area contributed by atoms with Gasteiger partial charge in [-0.2, -0.15) is 0 Å². The van der Waals surface area contributed by atoms with Crippen molar-refractivity contribution in [3.05, 3.63) is 36.2 Å². The first-order valence-corrected chi connectivity index (χ1v) is 8.18. The van der Waals surface area contributed by atoms with Crippen molar-refractivity contribution < 1.29 is 19.0 Å². The van der Waals surface area contributed by atoms with E-state index >= 15 is 0 Å². The van der Waals surface area contributed by atoms with E-state index in [4.69, 9.17) is 14.2 Å². The summed E-state index contributed by atoms with van der Waals surface area (Å²) >= 11 is 1.33. The molecule has 0 fully saturated rings. The molecule has 7 heteroatoms. The summed E-state index contributed by atoms with van der Waals surface area (Å²) in [5.74, 6) is 1.13. The Morgan fingerprint density at radius 2 is 2.21 bits per heavy atom. The molecule has 0 aliphatic heterocycles. The summed E-state index contributed by atoms with van der Waals surface area (Å²) in [6.07, 6.45) is 1.02. The lowest BCUT2D eigenvalue weighted by atomic mass is 10.1. The molecular formula is C17H20N2O4S. The predicted octanol–water partition coefficient (Wildman–Crippen LogP) is 3.36. The van der Waals surface area contributed by atoms with Crippen LogP contribution in [0.15, 0.2) is 36.2 Å². The summed E-state index contributed by atoms with van der Waals surface area (Å²) in [6, 6.07) is 5.47. The molecular weight excluding hydrogens is 328 g/mol. The van der Waals surface area contributed by atoms with Gasteiger partial charge in [-0.1, -0.05) is 6.08 Å². The smallest absolute Gasteiger partial charge is 0.255 e. The first-order chi connectivity index (χ1) is 11.6. The maximum absolute atomic E-state index is 12.0. The van der Waals surface area contributed by atoms with Gasteiger partial charge in [-0.05, 0) is 25.1 Å². The Hall–Kier alpha value is -2.38. The molecule has 0 spiro atoms. The molecule has 0 saturated heterocycles. The number of nitrogens with zero attached hydrogens (tertiary/aromatic N) is 1.